The fourth-order valence-electron chi connectivity index (χ4n) is 1.49. The molecular weight excluding hydrogens is 282 g/mol. The Kier molecular flexibility index (Phi) is 5.06. The Labute approximate surface area is 111 Å². The van der Waals surface area contributed by atoms with Crippen molar-refractivity contribution in [2.75, 3.05) is 0 Å². The van der Waals surface area contributed by atoms with E-state index < -0.39 is 42.8 Å². The molecule has 0 heterocycles. The smallest absolute Gasteiger partial charge is 0.391 e. The minimum Gasteiger partial charge on any atom is -0.480 e. The van der Waals surface area contributed by atoms with Crippen LogP contribution in [0.5, 0.6) is 0 Å². The highest BCUT2D eigenvalue weighted by Crippen LogP contribution is 2.21. The maximum atomic E-state index is 13.2. The first-order valence-corrected chi connectivity index (χ1v) is 5.51. The van der Waals surface area contributed by atoms with Gasteiger partial charge in [-0.2, -0.15) is 13.2 Å². The SMILES string of the molecule is O=C(Cc1ccccc1F)NC(CC(F)(F)F)C(=O)O. The molecule has 0 saturated heterocycles. The van der Waals surface area contributed by atoms with Gasteiger partial charge in [0.2, 0.25) is 5.91 Å². The van der Waals surface area contributed by atoms with Gasteiger partial charge in [-0.05, 0) is 11.6 Å². The van der Waals surface area contributed by atoms with Crippen LogP contribution in [-0.2, 0) is 16.0 Å². The normalized spacial score (nSPS) is 12.8. The molecule has 4 nitrogen and oxygen atoms in total. The van der Waals surface area contributed by atoms with Gasteiger partial charge in [0.15, 0.2) is 0 Å². The highest BCUT2D eigenvalue weighted by atomic mass is 19.4. The van der Waals surface area contributed by atoms with Crippen LogP contribution in [0.2, 0.25) is 0 Å². The lowest BCUT2D eigenvalue weighted by molar-refractivity contribution is -0.159. The van der Waals surface area contributed by atoms with Crippen LogP contribution >= 0.6 is 0 Å². The van der Waals surface area contributed by atoms with Crippen molar-refractivity contribution in [3.63, 3.8) is 0 Å². The maximum Gasteiger partial charge on any atom is 0.391 e. The molecule has 110 valence electrons. The van der Waals surface area contributed by atoms with E-state index in [1.54, 1.807) is 5.32 Å². The lowest BCUT2D eigenvalue weighted by Gasteiger charge is -2.16. The molecule has 8 heteroatoms. The van der Waals surface area contributed by atoms with Crippen molar-refractivity contribution in [1.29, 1.82) is 0 Å². The van der Waals surface area contributed by atoms with Gasteiger partial charge in [-0.15, -0.1) is 0 Å². The molecule has 0 aliphatic heterocycles. The molecule has 0 radical (unpaired) electrons. The van der Waals surface area contributed by atoms with E-state index in [4.69, 9.17) is 5.11 Å². The average molecular weight is 293 g/mol. The van der Waals surface area contributed by atoms with Crippen LogP contribution in [0, 0.1) is 5.82 Å². The topological polar surface area (TPSA) is 66.4 Å². The zero-order chi connectivity index (χ0) is 15.3. The van der Waals surface area contributed by atoms with Crippen LogP contribution in [0.1, 0.15) is 12.0 Å². The molecule has 0 saturated carbocycles. The molecule has 20 heavy (non-hydrogen) atoms. The number of hydrogen-bond donors (Lipinski definition) is 2. The van der Waals surface area contributed by atoms with E-state index in [-0.39, 0.29) is 5.56 Å². The first-order valence-electron chi connectivity index (χ1n) is 5.51. The molecule has 0 aliphatic rings. The summed E-state index contributed by atoms with van der Waals surface area (Å²) in [5.74, 6) is -3.48. The van der Waals surface area contributed by atoms with Crippen molar-refractivity contribution in [2.24, 2.45) is 0 Å². The summed E-state index contributed by atoms with van der Waals surface area (Å²) in [6.07, 6.45) is -6.95. The Hall–Kier alpha value is -2.12. The molecule has 2 N–H and O–H groups in total. The standard InChI is InChI=1S/C12H11F4NO3/c13-8-4-2-1-3-7(8)5-10(18)17-9(11(19)20)6-12(14,15)16/h1-4,9H,5-6H2,(H,17,18)(H,19,20). The zero-order valence-electron chi connectivity index (χ0n) is 10.1. The van der Waals surface area contributed by atoms with Crippen molar-refractivity contribution < 1.29 is 32.3 Å². The van der Waals surface area contributed by atoms with Gasteiger partial charge in [0.05, 0.1) is 12.8 Å². The minimum absolute atomic E-state index is 0.0267. The van der Waals surface area contributed by atoms with Crippen LogP contribution in [0.25, 0.3) is 0 Å². The number of benzene rings is 1. The zero-order valence-corrected chi connectivity index (χ0v) is 10.1. The lowest BCUT2D eigenvalue weighted by Crippen LogP contribution is -2.44. The number of aliphatic carboxylic acids is 1. The third-order valence-electron chi connectivity index (χ3n) is 2.38. The van der Waals surface area contributed by atoms with Crippen molar-refractivity contribution in [3.05, 3.63) is 35.6 Å². The number of halogens is 4. The molecule has 0 fully saturated rings. The summed E-state index contributed by atoms with van der Waals surface area (Å²) >= 11 is 0. The quantitative estimate of drug-likeness (QED) is 0.815. The number of nitrogens with one attached hydrogen (secondary N) is 1. The highest BCUT2D eigenvalue weighted by molar-refractivity contribution is 5.84. The van der Waals surface area contributed by atoms with E-state index in [2.05, 4.69) is 0 Å². The van der Waals surface area contributed by atoms with Gasteiger partial charge in [0.25, 0.3) is 0 Å². The lowest BCUT2D eigenvalue weighted by atomic mass is 10.1. The predicted molar refractivity (Wildman–Crippen MR) is 60.3 cm³/mol. The molecule has 1 unspecified atom stereocenters. The maximum absolute atomic E-state index is 13.2. The van der Waals surface area contributed by atoms with Crippen LogP contribution < -0.4 is 5.32 Å². The van der Waals surface area contributed by atoms with Crippen LogP contribution in [0.4, 0.5) is 17.6 Å². The molecule has 0 bridgehead atoms. The fraction of sp³-hybridized carbons (Fsp3) is 0.333. The van der Waals surface area contributed by atoms with E-state index in [0.717, 1.165) is 6.07 Å². The first-order chi connectivity index (χ1) is 9.19. The van der Waals surface area contributed by atoms with Gasteiger partial charge in [0.1, 0.15) is 11.9 Å². The Morgan fingerprint density at radius 1 is 1.25 bits per heavy atom. The Morgan fingerprint density at radius 3 is 2.35 bits per heavy atom. The van der Waals surface area contributed by atoms with Gasteiger partial charge >= 0.3 is 12.1 Å². The van der Waals surface area contributed by atoms with Crippen molar-refractivity contribution in [1.82, 2.24) is 5.32 Å². The molecule has 1 aromatic carbocycles. The van der Waals surface area contributed by atoms with E-state index in [1.165, 1.54) is 18.2 Å². The first kappa shape index (κ1) is 15.9. The number of hydrogen-bond acceptors (Lipinski definition) is 2. The molecular formula is C12H11F4NO3. The fourth-order valence-corrected chi connectivity index (χ4v) is 1.49. The van der Waals surface area contributed by atoms with Crippen LogP contribution in [0.15, 0.2) is 24.3 Å². The summed E-state index contributed by atoms with van der Waals surface area (Å²) in [6.45, 7) is 0. The Morgan fingerprint density at radius 2 is 1.85 bits per heavy atom. The molecule has 1 rings (SSSR count). The van der Waals surface area contributed by atoms with Gasteiger partial charge in [-0.25, -0.2) is 9.18 Å². The second kappa shape index (κ2) is 6.36. The largest absolute Gasteiger partial charge is 0.480 e. The van der Waals surface area contributed by atoms with E-state index in [9.17, 15) is 27.2 Å². The third-order valence-corrected chi connectivity index (χ3v) is 2.38. The number of amides is 1. The van der Waals surface area contributed by atoms with Gasteiger partial charge in [0, 0.05) is 0 Å². The molecule has 0 spiro atoms. The van der Waals surface area contributed by atoms with Gasteiger partial charge < -0.3 is 10.4 Å². The number of carboxylic acid groups (broad SMARTS) is 1. The monoisotopic (exact) mass is 293 g/mol. The summed E-state index contributed by atoms with van der Waals surface area (Å²) in [5.41, 5.74) is -0.0267. The predicted octanol–water partition coefficient (Wildman–Crippen LogP) is 1.89. The number of carbonyl (C=O) groups is 2. The number of alkyl halides is 3. The average Bonchev–Trinajstić information content (AvgIpc) is 2.29. The summed E-state index contributed by atoms with van der Waals surface area (Å²) < 4.78 is 49.6. The van der Waals surface area contributed by atoms with Crippen LogP contribution in [0.3, 0.4) is 0 Å². The molecule has 1 atom stereocenters. The molecule has 0 aromatic heterocycles. The number of carbonyl (C=O) groups excluding carboxylic acids is 1. The molecule has 1 aromatic rings. The molecule has 0 aliphatic carbocycles. The van der Waals surface area contributed by atoms with E-state index in [0.29, 0.717) is 0 Å². The van der Waals surface area contributed by atoms with Crippen molar-refractivity contribution >= 4 is 11.9 Å². The highest BCUT2D eigenvalue weighted by Gasteiger charge is 2.36. The number of rotatable bonds is 5. The van der Waals surface area contributed by atoms with Crippen molar-refractivity contribution in [3.8, 4) is 0 Å². The summed E-state index contributed by atoms with van der Waals surface area (Å²) in [5, 5.41) is 10.3. The summed E-state index contributed by atoms with van der Waals surface area (Å²) in [6, 6.07) is 3.13. The third kappa shape index (κ3) is 5.25. The van der Waals surface area contributed by atoms with E-state index >= 15 is 0 Å². The molecule has 1 amide bonds. The number of carboxylic acids is 1. The Balaban J connectivity index is 2.68. The Bertz CT molecular complexity index is 502. The second-order valence-corrected chi connectivity index (χ2v) is 4.05. The van der Waals surface area contributed by atoms with Gasteiger partial charge in [-0.1, -0.05) is 18.2 Å². The minimum atomic E-state index is -4.73. The second-order valence-electron chi connectivity index (χ2n) is 4.05. The summed E-state index contributed by atoms with van der Waals surface area (Å²) in [4.78, 5) is 22.1. The van der Waals surface area contributed by atoms with Gasteiger partial charge in [-0.3, -0.25) is 4.79 Å². The van der Waals surface area contributed by atoms with E-state index in [1.807, 2.05) is 0 Å². The summed E-state index contributed by atoms with van der Waals surface area (Å²) in [7, 11) is 0. The van der Waals surface area contributed by atoms with Crippen molar-refractivity contribution in [2.45, 2.75) is 25.1 Å². The van der Waals surface area contributed by atoms with Crippen LogP contribution in [-0.4, -0.2) is 29.2 Å².